The first-order chi connectivity index (χ1) is 31.5. The second-order valence-corrected chi connectivity index (χ2v) is 18.9. The van der Waals surface area contributed by atoms with Gasteiger partial charge in [0.05, 0.1) is 25.4 Å². The van der Waals surface area contributed by atoms with Gasteiger partial charge in [-0.15, -0.1) is 0 Å². The van der Waals surface area contributed by atoms with Crippen molar-refractivity contribution in [3.05, 3.63) is 48.6 Å². The highest BCUT2D eigenvalue weighted by Crippen LogP contribution is 2.16. The molecule has 2 atom stereocenters. The van der Waals surface area contributed by atoms with Crippen LogP contribution in [-0.4, -0.2) is 47.4 Å². The highest BCUT2D eigenvalue weighted by Gasteiger charge is 2.18. The minimum absolute atomic E-state index is 0.0281. The fourth-order valence-corrected chi connectivity index (χ4v) is 8.23. The van der Waals surface area contributed by atoms with Crippen LogP contribution < -0.4 is 5.32 Å². The molecule has 0 bridgehead atoms. The quantitative estimate of drug-likeness (QED) is 0.0321. The van der Waals surface area contributed by atoms with E-state index in [1.54, 1.807) is 6.08 Å². The van der Waals surface area contributed by atoms with Crippen molar-refractivity contribution < 1.29 is 24.5 Å². The number of unbranched alkanes of at least 4 members (excludes halogenated alkanes) is 34. The molecule has 0 aliphatic heterocycles. The monoisotopic (exact) mass is 898 g/mol. The summed E-state index contributed by atoms with van der Waals surface area (Å²) >= 11 is 0. The van der Waals surface area contributed by atoms with Gasteiger partial charge in [0.25, 0.3) is 0 Å². The maximum absolute atomic E-state index is 12.5. The van der Waals surface area contributed by atoms with Gasteiger partial charge in [-0.3, -0.25) is 9.59 Å². The van der Waals surface area contributed by atoms with Crippen LogP contribution in [0.1, 0.15) is 284 Å². The number of amides is 1. The predicted octanol–water partition coefficient (Wildman–Crippen LogP) is 17.0. The SMILES string of the molecule is CCCC/C=C\CCCCCCCC(=O)OCCCCC/C=C\C/C=C\CCCCCCCCCC(=O)NC(CO)C(O)/C=C/CCCCCCCCCCCCCCCCCCC. The summed E-state index contributed by atoms with van der Waals surface area (Å²) in [6.45, 7) is 4.82. The minimum atomic E-state index is -0.856. The second-order valence-electron chi connectivity index (χ2n) is 18.9. The van der Waals surface area contributed by atoms with Gasteiger partial charge in [-0.05, 0) is 89.9 Å². The standard InChI is InChI=1S/C58H107NO5/c1-3-5-7-9-11-13-15-16-17-18-19-21-24-27-31-34-38-42-46-50-56(61)55(54-60)59-57(62)51-47-43-39-35-32-28-25-22-20-23-26-29-33-37-41-45-49-53-64-58(63)52-48-44-40-36-30-14-12-10-8-6-4-2/h10,12,20,23,29,33,46,50,55-56,60-61H,3-9,11,13-19,21-22,24-28,30-32,34-45,47-49,51-54H2,1-2H3,(H,59,62)/b12-10-,23-20-,33-29-,50-46+. The van der Waals surface area contributed by atoms with Gasteiger partial charge in [0, 0.05) is 12.8 Å². The highest BCUT2D eigenvalue weighted by atomic mass is 16.5. The van der Waals surface area contributed by atoms with Gasteiger partial charge < -0.3 is 20.3 Å². The van der Waals surface area contributed by atoms with Crippen molar-refractivity contribution in [3.8, 4) is 0 Å². The lowest BCUT2D eigenvalue weighted by Gasteiger charge is -2.20. The number of nitrogens with one attached hydrogen (secondary N) is 1. The van der Waals surface area contributed by atoms with Crippen molar-refractivity contribution in [2.75, 3.05) is 13.2 Å². The van der Waals surface area contributed by atoms with E-state index in [1.807, 2.05) is 6.08 Å². The average Bonchev–Trinajstić information content (AvgIpc) is 3.29. The van der Waals surface area contributed by atoms with Crippen molar-refractivity contribution in [2.45, 2.75) is 296 Å². The summed E-state index contributed by atoms with van der Waals surface area (Å²) in [7, 11) is 0. The zero-order valence-electron chi connectivity index (χ0n) is 42.5. The number of allylic oxidation sites excluding steroid dienone is 7. The molecule has 64 heavy (non-hydrogen) atoms. The fourth-order valence-electron chi connectivity index (χ4n) is 8.23. The summed E-state index contributed by atoms with van der Waals surface area (Å²) in [5.74, 6) is -0.112. The molecule has 0 aromatic carbocycles. The van der Waals surface area contributed by atoms with E-state index in [-0.39, 0.29) is 18.5 Å². The van der Waals surface area contributed by atoms with Crippen molar-refractivity contribution in [2.24, 2.45) is 0 Å². The van der Waals surface area contributed by atoms with E-state index >= 15 is 0 Å². The van der Waals surface area contributed by atoms with E-state index in [9.17, 15) is 19.8 Å². The number of rotatable bonds is 51. The number of hydrogen-bond donors (Lipinski definition) is 3. The van der Waals surface area contributed by atoms with Gasteiger partial charge in [0.2, 0.25) is 5.91 Å². The largest absolute Gasteiger partial charge is 0.466 e. The second kappa shape index (κ2) is 53.4. The average molecular weight is 898 g/mol. The maximum atomic E-state index is 12.5. The molecule has 0 aliphatic rings. The zero-order valence-corrected chi connectivity index (χ0v) is 42.5. The van der Waals surface area contributed by atoms with Gasteiger partial charge in [-0.2, -0.15) is 0 Å². The van der Waals surface area contributed by atoms with Crippen molar-refractivity contribution in [3.63, 3.8) is 0 Å². The number of ether oxygens (including phenoxy) is 1. The molecule has 2 unspecified atom stereocenters. The highest BCUT2D eigenvalue weighted by molar-refractivity contribution is 5.76. The number of carbonyl (C=O) groups excluding carboxylic acids is 2. The van der Waals surface area contributed by atoms with Crippen LogP contribution in [0.2, 0.25) is 0 Å². The van der Waals surface area contributed by atoms with E-state index < -0.39 is 12.1 Å². The zero-order chi connectivity index (χ0) is 46.5. The summed E-state index contributed by atoms with van der Waals surface area (Å²) in [5.41, 5.74) is 0. The van der Waals surface area contributed by atoms with Gasteiger partial charge in [-0.1, -0.05) is 229 Å². The molecule has 0 aromatic heterocycles. The Morgan fingerprint density at radius 2 is 0.797 bits per heavy atom. The Morgan fingerprint density at radius 1 is 0.438 bits per heavy atom. The molecular formula is C58H107NO5. The van der Waals surface area contributed by atoms with Gasteiger partial charge in [0.15, 0.2) is 0 Å². The van der Waals surface area contributed by atoms with Crippen molar-refractivity contribution in [1.82, 2.24) is 5.32 Å². The molecule has 0 fully saturated rings. The summed E-state index contributed by atoms with van der Waals surface area (Å²) in [6.07, 6.45) is 67.0. The van der Waals surface area contributed by atoms with Crippen LogP contribution in [0, 0.1) is 0 Å². The summed E-state index contributed by atoms with van der Waals surface area (Å²) in [6, 6.07) is -0.641. The first-order valence-electron chi connectivity index (χ1n) is 27.9. The Labute approximate surface area is 397 Å². The van der Waals surface area contributed by atoms with Crippen molar-refractivity contribution in [1.29, 1.82) is 0 Å². The van der Waals surface area contributed by atoms with E-state index in [0.717, 1.165) is 83.5 Å². The number of aliphatic hydroxyl groups is 2. The van der Waals surface area contributed by atoms with E-state index in [1.165, 1.54) is 173 Å². The Kier molecular flexibility index (Phi) is 51.6. The third-order valence-corrected chi connectivity index (χ3v) is 12.6. The Balaban J connectivity index is 3.55. The molecular weight excluding hydrogens is 791 g/mol. The van der Waals surface area contributed by atoms with Crippen LogP contribution in [0.3, 0.4) is 0 Å². The van der Waals surface area contributed by atoms with Crippen LogP contribution in [0.15, 0.2) is 48.6 Å². The normalized spacial score (nSPS) is 13.0. The summed E-state index contributed by atoms with van der Waals surface area (Å²) < 4.78 is 5.42. The number of aliphatic hydroxyl groups excluding tert-OH is 2. The van der Waals surface area contributed by atoms with Crippen LogP contribution in [0.5, 0.6) is 0 Å². The lowest BCUT2D eigenvalue weighted by molar-refractivity contribution is -0.143. The number of esters is 1. The predicted molar refractivity (Wildman–Crippen MR) is 278 cm³/mol. The third-order valence-electron chi connectivity index (χ3n) is 12.6. The minimum Gasteiger partial charge on any atom is -0.466 e. The first-order valence-corrected chi connectivity index (χ1v) is 27.9. The van der Waals surface area contributed by atoms with Gasteiger partial charge in [0.1, 0.15) is 0 Å². The van der Waals surface area contributed by atoms with Crippen LogP contribution in [0.25, 0.3) is 0 Å². The molecule has 0 radical (unpaired) electrons. The Hall–Kier alpha value is -2.18. The summed E-state index contributed by atoms with van der Waals surface area (Å²) in [5, 5.41) is 23.1. The molecule has 0 saturated carbocycles. The molecule has 0 saturated heterocycles. The van der Waals surface area contributed by atoms with Crippen molar-refractivity contribution >= 4 is 11.9 Å². The lowest BCUT2D eigenvalue weighted by Crippen LogP contribution is -2.45. The molecule has 1 amide bonds. The Morgan fingerprint density at radius 3 is 1.25 bits per heavy atom. The molecule has 374 valence electrons. The first kappa shape index (κ1) is 61.8. The molecule has 0 aromatic rings. The topological polar surface area (TPSA) is 95.9 Å². The van der Waals surface area contributed by atoms with Crippen LogP contribution in [0.4, 0.5) is 0 Å². The fraction of sp³-hybridized carbons (Fsp3) is 0.828. The molecule has 0 aliphatic carbocycles. The molecule has 0 rings (SSSR count). The maximum Gasteiger partial charge on any atom is 0.305 e. The third kappa shape index (κ3) is 49.3. The van der Waals surface area contributed by atoms with E-state index in [0.29, 0.717) is 19.4 Å². The van der Waals surface area contributed by atoms with Gasteiger partial charge in [-0.25, -0.2) is 0 Å². The van der Waals surface area contributed by atoms with Crippen LogP contribution >= 0.6 is 0 Å². The molecule has 6 nitrogen and oxygen atoms in total. The van der Waals surface area contributed by atoms with Gasteiger partial charge >= 0.3 is 5.97 Å². The Bertz CT molecular complexity index is 1080. The molecule has 0 heterocycles. The molecule has 0 spiro atoms. The summed E-state index contributed by atoms with van der Waals surface area (Å²) in [4.78, 5) is 24.4. The smallest absolute Gasteiger partial charge is 0.305 e. The number of hydrogen-bond acceptors (Lipinski definition) is 5. The van der Waals surface area contributed by atoms with Crippen LogP contribution in [-0.2, 0) is 14.3 Å². The molecule has 3 N–H and O–H groups in total. The van der Waals surface area contributed by atoms with E-state index in [4.69, 9.17) is 4.74 Å². The lowest BCUT2D eigenvalue weighted by atomic mass is 10.0. The van der Waals surface area contributed by atoms with E-state index in [2.05, 4.69) is 55.6 Å². The molecule has 6 heteroatoms. The number of carbonyl (C=O) groups is 2.